The first kappa shape index (κ1) is 42.1. The van der Waals surface area contributed by atoms with Gasteiger partial charge in [-0.25, -0.2) is 4.79 Å². The maximum Gasteiger partial charge on any atom is 0.364 e. The van der Waals surface area contributed by atoms with Gasteiger partial charge in [-0.1, -0.05) is 54.0 Å². The summed E-state index contributed by atoms with van der Waals surface area (Å²) < 4.78 is 17.9. The minimum atomic E-state index is -2.30. The Morgan fingerprint density at radius 1 is 0.963 bits per heavy atom. The summed E-state index contributed by atoms with van der Waals surface area (Å²) in [4.78, 5) is 27.1. The van der Waals surface area contributed by atoms with Crippen LogP contribution in [0.2, 0.25) is 0 Å². The van der Waals surface area contributed by atoms with E-state index >= 15 is 0 Å². The van der Waals surface area contributed by atoms with Gasteiger partial charge in [-0.05, 0) is 115 Å². The van der Waals surface area contributed by atoms with E-state index < -0.39 is 55.2 Å². The van der Waals surface area contributed by atoms with Gasteiger partial charge in [-0.15, -0.1) is 0 Å². The lowest BCUT2D eigenvalue weighted by Crippen LogP contribution is -2.66. The van der Waals surface area contributed by atoms with E-state index in [0.29, 0.717) is 18.9 Å². The first-order valence-electron chi connectivity index (χ1n) is 20.5. The number of ether oxygens (including phenoxy) is 3. The Labute approximate surface area is 321 Å². The number of carboxylic acid groups (broad SMARTS) is 1. The molecular weight excluding hydrogens is 694 g/mol. The van der Waals surface area contributed by atoms with Crippen LogP contribution in [0, 0.1) is 50.2 Å². The highest BCUT2D eigenvalue weighted by Crippen LogP contribution is 2.75. The summed E-state index contributed by atoms with van der Waals surface area (Å²) in [5.41, 5.74) is 6.70. The summed E-state index contributed by atoms with van der Waals surface area (Å²) >= 11 is 0. The molecule has 6 rings (SSSR count). The molecule has 0 aromatic carbocycles. The van der Waals surface area contributed by atoms with Gasteiger partial charge in [0.2, 0.25) is 0 Å². The number of aliphatic hydroxyl groups is 5. The summed E-state index contributed by atoms with van der Waals surface area (Å²) in [6.07, 6.45) is 4.51. The van der Waals surface area contributed by atoms with Crippen molar-refractivity contribution < 1.29 is 54.4 Å². The molecule has 5 fully saturated rings. The highest BCUT2D eigenvalue weighted by Gasteiger charge is 2.70. The monoisotopic (exact) mass is 763 g/mol. The smallest absolute Gasteiger partial charge is 0.364 e. The second-order valence-electron chi connectivity index (χ2n) is 20.3. The lowest BCUT2D eigenvalue weighted by molar-refractivity contribution is -0.310. The molecule has 4 saturated carbocycles. The van der Waals surface area contributed by atoms with Gasteiger partial charge in [0.1, 0.15) is 18.3 Å². The normalized spacial score (nSPS) is 48.4. The zero-order valence-electron chi connectivity index (χ0n) is 33.7. The predicted molar refractivity (Wildman–Crippen MR) is 200 cm³/mol. The van der Waals surface area contributed by atoms with Gasteiger partial charge in [0.25, 0.3) is 5.79 Å². The standard InChI is InChI=1S/C42H69NO11/c1-36(2)29-9-12-41(7)34(26(46)19-24-25-20-37(3,23-45)13-14-38(25,4)15-16-40(24,41)6)39(29,5)11-10-30(36)52-17-8-18-53-42(35(50)51)21-27(47)31(43)33(54-42)32(49)28(48)22-44/h19,25,27-34,44-45,47-49H,8-18,20-23,43H2,1-7H3,(H,50,51)/t25-,27-,28+,29-,30-,31+,32+,33+,34+,37-,38+,39-,40+,41+,42+/m0/s1. The molecule has 5 aliphatic carbocycles. The van der Waals surface area contributed by atoms with Crippen molar-refractivity contribution in [1.82, 2.24) is 0 Å². The summed E-state index contributed by atoms with van der Waals surface area (Å²) in [7, 11) is 0. The molecule has 0 spiro atoms. The molecule has 1 aliphatic heterocycles. The number of nitrogens with two attached hydrogens (primary N) is 1. The van der Waals surface area contributed by atoms with Crippen molar-refractivity contribution in [1.29, 1.82) is 0 Å². The molecule has 0 aromatic heterocycles. The van der Waals surface area contributed by atoms with Crippen molar-refractivity contribution in [3.8, 4) is 0 Å². The number of carboxylic acids is 1. The lowest BCUT2D eigenvalue weighted by Gasteiger charge is -2.70. The summed E-state index contributed by atoms with van der Waals surface area (Å²) in [5.74, 6) is -3.04. The second-order valence-corrected chi connectivity index (χ2v) is 20.3. The average Bonchev–Trinajstić information content (AvgIpc) is 3.11. The van der Waals surface area contributed by atoms with Crippen LogP contribution < -0.4 is 5.73 Å². The van der Waals surface area contributed by atoms with Gasteiger partial charge in [-0.3, -0.25) is 4.79 Å². The second kappa shape index (κ2) is 14.4. The van der Waals surface area contributed by atoms with E-state index in [1.54, 1.807) is 0 Å². The van der Waals surface area contributed by atoms with E-state index in [1.807, 2.05) is 0 Å². The number of ketones is 1. The van der Waals surface area contributed by atoms with Crippen molar-refractivity contribution in [3.63, 3.8) is 0 Å². The van der Waals surface area contributed by atoms with Crippen molar-refractivity contribution in [2.45, 2.75) is 161 Å². The fraction of sp³-hybridized carbons (Fsp3) is 0.905. The Hall–Kier alpha value is -1.48. The van der Waals surface area contributed by atoms with Crippen molar-refractivity contribution in [2.24, 2.45) is 56.0 Å². The van der Waals surface area contributed by atoms with Gasteiger partial charge in [0, 0.05) is 25.6 Å². The molecule has 0 unspecified atom stereocenters. The number of aliphatic hydroxyl groups excluding tert-OH is 5. The number of aliphatic carboxylic acids is 1. The molecule has 1 saturated heterocycles. The number of carbonyl (C=O) groups is 2. The fourth-order valence-corrected chi connectivity index (χ4v) is 13.1. The third kappa shape index (κ3) is 6.46. The number of fused-ring (bicyclic) bond motifs is 7. The maximum absolute atomic E-state index is 14.7. The Kier molecular flexibility index (Phi) is 11.2. The highest BCUT2D eigenvalue weighted by atomic mass is 16.7. The molecule has 0 radical (unpaired) electrons. The third-order valence-corrected chi connectivity index (χ3v) is 16.8. The molecule has 0 amide bonds. The average molecular weight is 764 g/mol. The van der Waals surface area contributed by atoms with Crippen LogP contribution in [0.3, 0.4) is 0 Å². The lowest BCUT2D eigenvalue weighted by atomic mass is 9.33. The number of hydrogen-bond acceptors (Lipinski definition) is 11. The molecule has 8 N–H and O–H groups in total. The van der Waals surface area contributed by atoms with Crippen LogP contribution >= 0.6 is 0 Å². The molecular formula is C42H69NO11. The molecule has 15 atom stereocenters. The molecule has 54 heavy (non-hydrogen) atoms. The van der Waals surface area contributed by atoms with Crippen LogP contribution in [0.1, 0.15) is 119 Å². The first-order chi connectivity index (χ1) is 25.1. The summed E-state index contributed by atoms with van der Waals surface area (Å²) in [6, 6.07) is -1.21. The van der Waals surface area contributed by atoms with Crippen LogP contribution in [0.5, 0.6) is 0 Å². The SMILES string of the molecule is CC1(C)[C@@H](OCCCO[C@]2(C(=O)O)C[C@H](O)[C@@H](N)[C@H]([C@H](O)[C@H](O)CO)O2)CC[C@]2(C)[C@H]3C(=O)C=C4[C@@H]5C[C@@](C)(CO)CC[C@]5(C)CC[C@@]4(C)[C@]3(C)CC[C@@H]12. The Morgan fingerprint density at radius 3 is 2.30 bits per heavy atom. The van der Waals surface area contributed by atoms with Crippen LogP contribution in [0.15, 0.2) is 11.6 Å². The minimum absolute atomic E-state index is 0.0758. The topological polar surface area (TPSA) is 209 Å². The van der Waals surface area contributed by atoms with Gasteiger partial charge >= 0.3 is 5.97 Å². The van der Waals surface area contributed by atoms with Crippen LogP contribution in [0.25, 0.3) is 0 Å². The maximum atomic E-state index is 14.7. The number of hydrogen-bond donors (Lipinski definition) is 7. The van der Waals surface area contributed by atoms with Gasteiger partial charge in [-0.2, -0.15) is 0 Å². The van der Waals surface area contributed by atoms with Crippen LogP contribution in [0.4, 0.5) is 0 Å². The van der Waals surface area contributed by atoms with E-state index in [2.05, 4.69) is 54.5 Å². The van der Waals surface area contributed by atoms with Crippen molar-refractivity contribution in [3.05, 3.63) is 11.6 Å². The number of allylic oxidation sites excluding steroid dienone is 2. The van der Waals surface area contributed by atoms with E-state index in [0.717, 1.165) is 57.8 Å². The van der Waals surface area contributed by atoms with E-state index in [4.69, 9.17) is 19.9 Å². The van der Waals surface area contributed by atoms with E-state index in [9.17, 15) is 40.2 Å². The highest BCUT2D eigenvalue weighted by molar-refractivity contribution is 5.95. The van der Waals surface area contributed by atoms with Gasteiger partial charge < -0.3 is 50.6 Å². The minimum Gasteiger partial charge on any atom is -0.477 e. The van der Waals surface area contributed by atoms with Gasteiger partial charge in [0.15, 0.2) is 5.78 Å². The van der Waals surface area contributed by atoms with Crippen molar-refractivity contribution in [2.75, 3.05) is 26.4 Å². The number of rotatable bonds is 11. The molecule has 0 aromatic rings. The third-order valence-electron chi connectivity index (χ3n) is 16.8. The Morgan fingerprint density at radius 2 is 1.65 bits per heavy atom. The van der Waals surface area contributed by atoms with Crippen LogP contribution in [-0.4, -0.2) is 111 Å². The van der Waals surface area contributed by atoms with E-state index in [-0.39, 0.29) is 69.4 Å². The Bertz CT molecular complexity index is 1470. The fourth-order valence-electron chi connectivity index (χ4n) is 13.1. The van der Waals surface area contributed by atoms with Crippen molar-refractivity contribution >= 4 is 11.8 Å². The Balaban J connectivity index is 1.13. The molecule has 12 nitrogen and oxygen atoms in total. The summed E-state index contributed by atoms with van der Waals surface area (Å²) in [5, 5.41) is 60.7. The molecule has 6 aliphatic rings. The molecule has 1 heterocycles. The molecule has 308 valence electrons. The van der Waals surface area contributed by atoms with Crippen LogP contribution in [-0.2, 0) is 23.8 Å². The quantitative estimate of drug-likeness (QED) is 0.150. The first-order valence-corrected chi connectivity index (χ1v) is 20.5. The van der Waals surface area contributed by atoms with Gasteiger partial charge in [0.05, 0.1) is 31.5 Å². The summed E-state index contributed by atoms with van der Waals surface area (Å²) in [6.45, 7) is 16.0. The zero-order chi connectivity index (χ0) is 39.9. The predicted octanol–water partition coefficient (Wildman–Crippen LogP) is 3.72. The molecule has 0 bridgehead atoms. The zero-order valence-corrected chi connectivity index (χ0v) is 33.7. The largest absolute Gasteiger partial charge is 0.477 e. The number of carbonyl (C=O) groups excluding carboxylic acids is 1. The van der Waals surface area contributed by atoms with E-state index in [1.165, 1.54) is 5.57 Å². The molecule has 12 heteroatoms.